The number of ketones is 1. The van der Waals surface area contributed by atoms with E-state index in [0.29, 0.717) is 23.7 Å². The number of halogens is 1. The van der Waals surface area contributed by atoms with E-state index < -0.39 is 11.7 Å². The maximum atomic E-state index is 12.5. The molecule has 138 valence electrons. The number of Topliss-reactive ketones (excluding diaryl/α,β-unsaturated/α-hetero) is 1. The molecule has 0 bridgehead atoms. The number of methoxy groups -OCH3 is 1. The lowest BCUT2D eigenvalue weighted by Crippen LogP contribution is -2.33. The summed E-state index contributed by atoms with van der Waals surface area (Å²) in [4.78, 5) is 24.8. The summed E-state index contributed by atoms with van der Waals surface area (Å²) >= 11 is 6.20. The standard InChI is InChI=1S/C21H19ClN2O3/c1-27-16-10-8-15(9-11-16)12-13-23-21(26)20(25)19-7-4-14-24(19)18-6-3-2-5-17(18)22/h2-11,14H,12-13H2,1H3,(H,23,26). The van der Waals surface area contributed by atoms with E-state index in [0.717, 1.165) is 11.3 Å². The number of para-hydroxylation sites is 1. The Hall–Kier alpha value is -3.05. The van der Waals surface area contributed by atoms with Crippen LogP contribution in [-0.4, -0.2) is 29.9 Å². The Morgan fingerprint density at radius 3 is 2.48 bits per heavy atom. The molecule has 6 heteroatoms. The highest BCUT2D eigenvalue weighted by Crippen LogP contribution is 2.22. The topological polar surface area (TPSA) is 60.3 Å². The third-order valence-corrected chi connectivity index (χ3v) is 4.48. The predicted molar refractivity (Wildman–Crippen MR) is 105 cm³/mol. The number of hydrogen-bond donors (Lipinski definition) is 1. The molecule has 0 fully saturated rings. The molecule has 0 aliphatic carbocycles. The van der Waals surface area contributed by atoms with Crippen LogP contribution in [0.3, 0.4) is 0 Å². The van der Waals surface area contributed by atoms with Gasteiger partial charge in [0.15, 0.2) is 0 Å². The summed E-state index contributed by atoms with van der Waals surface area (Å²) in [5.74, 6) is -0.469. The van der Waals surface area contributed by atoms with E-state index >= 15 is 0 Å². The molecule has 5 nitrogen and oxygen atoms in total. The molecule has 0 aliphatic heterocycles. The van der Waals surface area contributed by atoms with Crippen molar-refractivity contribution in [1.29, 1.82) is 0 Å². The van der Waals surface area contributed by atoms with Gasteiger partial charge in [-0.25, -0.2) is 0 Å². The monoisotopic (exact) mass is 382 g/mol. The summed E-state index contributed by atoms with van der Waals surface area (Å²) in [5.41, 5.74) is 1.96. The third kappa shape index (κ3) is 4.38. The van der Waals surface area contributed by atoms with Gasteiger partial charge in [0.05, 0.1) is 23.5 Å². The largest absolute Gasteiger partial charge is 0.497 e. The lowest BCUT2D eigenvalue weighted by Gasteiger charge is -2.10. The van der Waals surface area contributed by atoms with E-state index in [2.05, 4.69) is 5.32 Å². The van der Waals surface area contributed by atoms with Gasteiger partial charge in [0.2, 0.25) is 0 Å². The highest BCUT2D eigenvalue weighted by atomic mass is 35.5. The summed E-state index contributed by atoms with van der Waals surface area (Å²) in [5, 5.41) is 3.18. The molecule has 0 radical (unpaired) electrons. The van der Waals surface area contributed by atoms with Crippen LogP contribution in [0.25, 0.3) is 5.69 Å². The summed E-state index contributed by atoms with van der Waals surface area (Å²) in [7, 11) is 1.61. The smallest absolute Gasteiger partial charge is 0.294 e. The van der Waals surface area contributed by atoms with E-state index in [1.807, 2.05) is 36.4 Å². The Kier molecular flexibility index (Phi) is 5.94. The van der Waals surface area contributed by atoms with Crippen molar-refractivity contribution in [3.63, 3.8) is 0 Å². The fraction of sp³-hybridized carbons (Fsp3) is 0.143. The zero-order chi connectivity index (χ0) is 19.2. The van der Waals surface area contributed by atoms with Crippen LogP contribution in [0.2, 0.25) is 5.02 Å². The number of rotatable bonds is 7. The van der Waals surface area contributed by atoms with Crippen LogP contribution in [0.4, 0.5) is 0 Å². The highest BCUT2D eigenvalue weighted by Gasteiger charge is 2.20. The summed E-state index contributed by atoms with van der Waals surface area (Å²) in [6, 6.07) is 18.0. The zero-order valence-corrected chi connectivity index (χ0v) is 15.6. The molecule has 1 N–H and O–H groups in total. The van der Waals surface area contributed by atoms with Gasteiger partial charge >= 0.3 is 0 Å². The minimum atomic E-state index is -0.643. The Labute approximate surface area is 162 Å². The number of carbonyl (C=O) groups is 2. The van der Waals surface area contributed by atoms with Gasteiger partial charge in [-0.3, -0.25) is 9.59 Å². The van der Waals surface area contributed by atoms with Gasteiger partial charge in [0, 0.05) is 12.7 Å². The number of benzene rings is 2. The highest BCUT2D eigenvalue weighted by molar-refractivity contribution is 6.42. The molecule has 0 aliphatic rings. The van der Waals surface area contributed by atoms with Gasteiger partial charge in [0.1, 0.15) is 5.75 Å². The minimum Gasteiger partial charge on any atom is -0.497 e. The summed E-state index contributed by atoms with van der Waals surface area (Å²) in [6.07, 6.45) is 2.33. The number of ether oxygens (including phenoxy) is 1. The van der Waals surface area contributed by atoms with Crippen molar-refractivity contribution >= 4 is 23.3 Å². The molecule has 0 saturated heterocycles. The quantitative estimate of drug-likeness (QED) is 0.501. The molecule has 1 heterocycles. The average Bonchev–Trinajstić information content (AvgIpc) is 3.17. The van der Waals surface area contributed by atoms with Crippen LogP contribution in [0, 0.1) is 0 Å². The first-order valence-electron chi connectivity index (χ1n) is 8.48. The van der Waals surface area contributed by atoms with Crippen molar-refractivity contribution in [3.8, 4) is 11.4 Å². The van der Waals surface area contributed by atoms with Gasteiger partial charge in [-0.2, -0.15) is 0 Å². The van der Waals surface area contributed by atoms with E-state index in [4.69, 9.17) is 16.3 Å². The molecule has 3 aromatic rings. The van der Waals surface area contributed by atoms with Gasteiger partial charge in [-0.1, -0.05) is 35.9 Å². The zero-order valence-electron chi connectivity index (χ0n) is 14.8. The second-order valence-corrected chi connectivity index (χ2v) is 6.31. The average molecular weight is 383 g/mol. The normalized spacial score (nSPS) is 10.4. The van der Waals surface area contributed by atoms with Gasteiger partial charge in [0.25, 0.3) is 11.7 Å². The van der Waals surface area contributed by atoms with Crippen molar-refractivity contribution in [2.75, 3.05) is 13.7 Å². The molecular weight excluding hydrogens is 364 g/mol. The first-order valence-corrected chi connectivity index (χ1v) is 8.85. The number of nitrogens with one attached hydrogen (secondary N) is 1. The van der Waals surface area contributed by atoms with E-state index in [-0.39, 0.29) is 5.69 Å². The number of aromatic nitrogens is 1. The van der Waals surface area contributed by atoms with Crippen molar-refractivity contribution in [2.24, 2.45) is 0 Å². The molecule has 0 unspecified atom stereocenters. The van der Waals surface area contributed by atoms with Crippen molar-refractivity contribution in [2.45, 2.75) is 6.42 Å². The van der Waals surface area contributed by atoms with Crippen LogP contribution < -0.4 is 10.1 Å². The second-order valence-electron chi connectivity index (χ2n) is 5.90. The maximum absolute atomic E-state index is 12.5. The fourth-order valence-corrected chi connectivity index (χ4v) is 2.96. The molecule has 3 rings (SSSR count). The predicted octanol–water partition coefficient (Wildman–Crippen LogP) is 3.68. The van der Waals surface area contributed by atoms with Crippen LogP contribution in [-0.2, 0) is 11.2 Å². The lowest BCUT2D eigenvalue weighted by molar-refractivity contribution is -0.117. The number of nitrogens with zero attached hydrogens (tertiary/aromatic N) is 1. The summed E-state index contributed by atoms with van der Waals surface area (Å²) < 4.78 is 6.73. The van der Waals surface area contributed by atoms with E-state index in [1.165, 1.54) is 0 Å². The minimum absolute atomic E-state index is 0.269. The number of carbonyl (C=O) groups excluding carboxylic acids is 2. The van der Waals surface area contributed by atoms with Crippen LogP contribution in [0.15, 0.2) is 66.9 Å². The molecule has 1 amide bonds. The first kappa shape index (κ1) is 18.7. The Bertz CT molecular complexity index is 948. The van der Waals surface area contributed by atoms with Gasteiger partial charge < -0.3 is 14.6 Å². The van der Waals surface area contributed by atoms with Crippen LogP contribution in [0.5, 0.6) is 5.75 Å². The van der Waals surface area contributed by atoms with Gasteiger partial charge in [-0.15, -0.1) is 0 Å². The van der Waals surface area contributed by atoms with E-state index in [1.54, 1.807) is 42.1 Å². The Morgan fingerprint density at radius 2 is 1.78 bits per heavy atom. The number of hydrogen-bond acceptors (Lipinski definition) is 3. The molecule has 0 atom stereocenters. The Balaban J connectivity index is 1.63. The molecule has 1 aromatic heterocycles. The maximum Gasteiger partial charge on any atom is 0.294 e. The SMILES string of the molecule is COc1ccc(CCNC(=O)C(=O)c2cccn2-c2ccccc2Cl)cc1. The third-order valence-electron chi connectivity index (χ3n) is 4.16. The Morgan fingerprint density at radius 1 is 1.04 bits per heavy atom. The second kappa shape index (κ2) is 8.56. The molecule has 27 heavy (non-hydrogen) atoms. The fourth-order valence-electron chi connectivity index (χ4n) is 2.73. The summed E-state index contributed by atoms with van der Waals surface area (Å²) in [6.45, 7) is 0.365. The molecule has 2 aromatic carbocycles. The van der Waals surface area contributed by atoms with Crippen molar-refractivity contribution in [1.82, 2.24) is 9.88 Å². The van der Waals surface area contributed by atoms with Crippen molar-refractivity contribution < 1.29 is 14.3 Å². The van der Waals surface area contributed by atoms with Crippen LogP contribution >= 0.6 is 11.6 Å². The molecule has 0 spiro atoms. The lowest BCUT2D eigenvalue weighted by atomic mass is 10.1. The first-order chi connectivity index (χ1) is 13.1. The van der Waals surface area contributed by atoms with E-state index in [9.17, 15) is 9.59 Å². The molecular formula is C21H19ClN2O3. The van der Waals surface area contributed by atoms with Gasteiger partial charge in [-0.05, 0) is 48.4 Å². The number of amides is 1. The molecule has 0 saturated carbocycles. The van der Waals surface area contributed by atoms with Crippen LogP contribution in [0.1, 0.15) is 16.1 Å². The van der Waals surface area contributed by atoms with Crippen molar-refractivity contribution in [3.05, 3.63) is 83.1 Å².